The Hall–Kier alpha value is -4.12. The molecule has 1 heterocycles. The number of nitriles is 1. The van der Waals surface area contributed by atoms with Gasteiger partial charge in [-0.3, -0.25) is 9.59 Å². The number of nitrogens with one attached hydrogen (secondary N) is 2. The van der Waals surface area contributed by atoms with E-state index < -0.39 is 11.7 Å². The zero-order chi connectivity index (χ0) is 24.9. The maximum absolute atomic E-state index is 13.1. The van der Waals surface area contributed by atoms with Gasteiger partial charge in [0.05, 0.1) is 15.7 Å². The number of anilines is 2. The Morgan fingerprint density at radius 3 is 2.49 bits per heavy atom. The summed E-state index contributed by atoms with van der Waals surface area (Å²) in [5, 5.41) is 16.1. The number of amides is 2. The van der Waals surface area contributed by atoms with Crippen LogP contribution in [0.15, 0.2) is 78.5 Å². The number of para-hydroxylation sites is 1. The number of nitrogens with zero attached hydrogens (tertiary/aromatic N) is 2. The van der Waals surface area contributed by atoms with Gasteiger partial charge in [-0.05, 0) is 48.5 Å². The van der Waals surface area contributed by atoms with E-state index in [9.17, 15) is 19.2 Å². The monoisotopic (exact) mass is 506 g/mol. The molecule has 0 saturated carbocycles. The molecule has 0 bridgehead atoms. The van der Waals surface area contributed by atoms with Crippen molar-refractivity contribution in [2.24, 2.45) is 0 Å². The van der Waals surface area contributed by atoms with Crippen LogP contribution in [-0.4, -0.2) is 16.4 Å². The van der Waals surface area contributed by atoms with E-state index in [1.165, 1.54) is 30.3 Å². The van der Waals surface area contributed by atoms with Gasteiger partial charge < -0.3 is 15.2 Å². The molecule has 0 aliphatic heterocycles. The van der Waals surface area contributed by atoms with E-state index in [0.717, 1.165) is 10.9 Å². The second-order valence-electron chi connectivity index (χ2n) is 7.51. The van der Waals surface area contributed by atoms with E-state index in [1.54, 1.807) is 29.0 Å². The average Bonchev–Trinajstić information content (AvgIpc) is 3.18. The third-order valence-electron chi connectivity index (χ3n) is 5.13. The topological polar surface area (TPSA) is 86.9 Å². The summed E-state index contributed by atoms with van der Waals surface area (Å²) in [6.07, 6.45) is 3.14. The Balaban J connectivity index is 1.60. The lowest BCUT2D eigenvalue weighted by Gasteiger charge is -2.07. The van der Waals surface area contributed by atoms with E-state index in [1.807, 2.05) is 30.3 Å². The maximum atomic E-state index is 13.1. The van der Waals surface area contributed by atoms with Crippen molar-refractivity contribution in [1.82, 2.24) is 4.57 Å². The van der Waals surface area contributed by atoms with Crippen LogP contribution >= 0.6 is 23.2 Å². The van der Waals surface area contributed by atoms with Crippen molar-refractivity contribution in [3.8, 4) is 6.07 Å². The van der Waals surface area contributed by atoms with Gasteiger partial charge in [-0.15, -0.1) is 0 Å². The molecule has 0 aliphatic carbocycles. The smallest absolute Gasteiger partial charge is 0.266 e. The van der Waals surface area contributed by atoms with Gasteiger partial charge in [0.1, 0.15) is 24.0 Å². The van der Waals surface area contributed by atoms with Crippen molar-refractivity contribution < 1.29 is 14.0 Å². The molecule has 0 aliphatic rings. The summed E-state index contributed by atoms with van der Waals surface area (Å²) < 4.78 is 14.8. The standard InChI is InChI=1S/C26H17Cl2FN4O2/c27-21-5-3-6-22(25(21)28)32-26(35)16(13-30)12-17-14-33(23-7-2-1-4-20(17)23)15-24(34)31-19-10-8-18(29)9-11-19/h1-12,14H,15H2,(H,31,34)(H,32,35)/b16-12-. The number of rotatable bonds is 6. The minimum absolute atomic E-state index is 0.0298. The Bertz CT molecular complexity index is 1500. The van der Waals surface area contributed by atoms with E-state index in [-0.39, 0.29) is 33.8 Å². The third kappa shape index (κ3) is 5.52. The van der Waals surface area contributed by atoms with Crippen LogP contribution in [0.5, 0.6) is 0 Å². The molecule has 0 spiro atoms. The molecule has 4 rings (SSSR count). The highest BCUT2D eigenvalue weighted by Gasteiger charge is 2.16. The van der Waals surface area contributed by atoms with Crippen LogP contribution < -0.4 is 10.6 Å². The van der Waals surface area contributed by atoms with E-state index >= 15 is 0 Å². The highest BCUT2D eigenvalue weighted by molar-refractivity contribution is 6.44. The first-order chi connectivity index (χ1) is 16.9. The Kier molecular flexibility index (Phi) is 7.16. The third-order valence-corrected chi connectivity index (χ3v) is 5.94. The second kappa shape index (κ2) is 10.4. The van der Waals surface area contributed by atoms with Crippen LogP contribution in [0.4, 0.5) is 15.8 Å². The summed E-state index contributed by atoms with van der Waals surface area (Å²) in [5.41, 5.74) is 1.92. The molecule has 174 valence electrons. The first-order valence-corrected chi connectivity index (χ1v) is 11.1. The quantitative estimate of drug-likeness (QED) is 0.238. The zero-order valence-electron chi connectivity index (χ0n) is 18.1. The van der Waals surface area contributed by atoms with Crippen molar-refractivity contribution in [2.75, 3.05) is 10.6 Å². The first kappa shape index (κ1) is 24.0. The molecule has 1 aromatic heterocycles. The van der Waals surface area contributed by atoms with Gasteiger partial charge in [-0.1, -0.05) is 47.5 Å². The molecule has 35 heavy (non-hydrogen) atoms. The fourth-order valence-corrected chi connectivity index (χ4v) is 3.85. The highest BCUT2D eigenvalue weighted by Crippen LogP contribution is 2.30. The summed E-state index contributed by atoms with van der Waals surface area (Å²) in [7, 11) is 0. The summed E-state index contributed by atoms with van der Waals surface area (Å²) in [5.74, 6) is -1.37. The van der Waals surface area contributed by atoms with Crippen LogP contribution in [0.3, 0.4) is 0 Å². The normalized spacial score (nSPS) is 11.2. The van der Waals surface area contributed by atoms with Crippen molar-refractivity contribution in [3.05, 3.63) is 99.9 Å². The number of hydrogen-bond acceptors (Lipinski definition) is 3. The number of fused-ring (bicyclic) bond motifs is 1. The van der Waals surface area contributed by atoms with Gasteiger partial charge in [0, 0.05) is 28.4 Å². The SMILES string of the molecule is N#C/C(=C/c1cn(CC(=O)Nc2ccc(F)cc2)c2ccccc12)C(=O)Nc1cccc(Cl)c1Cl. The Morgan fingerprint density at radius 1 is 1.00 bits per heavy atom. The molecular formula is C26H17Cl2FN4O2. The minimum atomic E-state index is -0.650. The number of halogens is 3. The van der Waals surface area contributed by atoms with Crippen LogP contribution in [-0.2, 0) is 16.1 Å². The van der Waals surface area contributed by atoms with E-state index in [0.29, 0.717) is 11.3 Å². The number of hydrogen-bond donors (Lipinski definition) is 2. The van der Waals surface area contributed by atoms with Gasteiger partial charge in [0.2, 0.25) is 5.91 Å². The fraction of sp³-hybridized carbons (Fsp3) is 0.0385. The van der Waals surface area contributed by atoms with Gasteiger partial charge in [0.15, 0.2) is 0 Å². The van der Waals surface area contributed by atoms with Crippen molar-refractivity contribution in [3.63, 3.8) is 0 Å². The van der Waals surface area contributed by atoms with Gasteiger partial charge in [0.25, 0.3) is 5.91 Å². The number of aromatic nitrogens is 1. The minimum Gasteiger partial charge on any atom is -0.337 e. The van der Waals surface area contributed by atoms with Crippen molar-refractivity contribution in [2.45, 2.75) is 6.54 Å². The molecule has 2 N–H and O–H groups in total. The van der Waals surface area contributed by atoms with Crippen LogP contribution in [0, 0.1) is 17.1 Å². The first-order valence-electron chi connectivity index (χ1n) is 10.4. The summed E-state index contributed by atoms with van der Waals surface area (Å²) in [6.45, 7) is -0.0298. The molecule has 0 unspecified atom stereocenters. The summed E-state index contributed by atoms with van der Waals surface area (Å²) in [6, 6.07) is 19.5. The summed E-state index contributed by atoms with van der Waals surface area (Å²) in [4.78, 5) is 25.3. The second-order valence-corrected chi connectivity index (χ2v) is 8.30. The van der Waals surface area contributed by atoms with Gasteiger partial charge in [-0.25, -0.2) is 4.39 Å². The van der Waals surface area contributed by atoms with Gasteiger partial charge in [-0.2, -0.15) is 5.26 Å². The number of carbonyl (C=O) groups excluding carboxylic acids is 2. The highest BCUT2D eigenvalue weighted by atomic mass is 35.5. The largest absolute Gasteiger partial charge is 0.337 e. The summed E-state index contributed by atoms with van der Waals surface area (Å²) >= 11 is 12.1. The molecule has 4 aromatic rings. The average molecular weight is 507 g/mol. The molecule has 9 heteroatoms. The molecule has 0 saturated heterocycles. The predicted octanol–water partition coefficient (Wildman–Crippen LogP) is 6.27. The number of benzene rings is 3. The van der Waals surface area contributed by atoms with E-state index in [4.69, 9.17) is 23.2 Å². The van der Waals surface area contributed by atoms with Crippen LogP contribution in [0.25, 0.3) is 17.0 Å². The molecular weight excluding hydrogens is 490 g/mol. The van der Waals surface area contributed by atoms with Gasteiger partial charge >= 0.3 is 0 Å². The molecule has 0 radical (unpaired) electrons. The zero-order valence-corrected chi connectivity index (χ0v) is 19.6. The Morgan fingerprint density at radius 2 is 1.74 bits per heavy atom. The number of carbonyl (C=O) groups is 2. The van der Waals surface area contributed by atoms with Crippen molar-refractivity contribution in [1.29, 1.82) is 5.26 Å². The van der Waals surface area contributed by atoms with Crippen molar-refractivity contribution >= 4 is 63.4 Å². The lowest BCUT2D eigenvalue weighted by molar-refractivity contribution is -0.116. The molecule has 0 fully saturated rings. The molecule has 3 aromatic carbocycles. The van der Waals surface area contributed by atoms with Crippen LogP contribution in [0.1, 0.15) is 5.56 Å². The maximum Gasteiger partial charge on any atom is 0.266 e. The molecule has 0 atom stereocenters. The van der Waals surface area contributed by atoms with Crippen LogP contribution in [0.2, 0.25) is 10.0 Å². The predicted molar refractivity (Wildman–Crippen MR) is 136 cm³/mol. The molecule has 6 nitrogen and oxygen atoms in total. The molecule has 2 amide bonds. The lowest BCUT2D eigenvalue weighted by Crippen LogP contribution is -2.18. The lowest BCUT2D eigenvalue weighted by atomic mass is 10.1. The Labute approximate surface area is 210 Å². The van der Waals surface area contributed by atoms with E-state index in [2.05, 4.69) is 10.6 Å². The fourth-order valence-electron chi connectivity index (χ4n) is 3.50.